The molecule has 19 heavy (non-hydrogen) atoms. The molecular weight excluding hydrogens is 250 g/mol. The maximum absolute atomic E-state index is 11.4. The van der Waals surface area contributed by atoms with Crippen LogP contribution in [0.1, 0.15) is 19.2 Å². The molecule has 0 aliphatic carbocycles. The lowest BCUT2D eigenvalue weighted by Crippen LogP contribution is -2.41. The van der Waals surface area contributed by atoms with Crippen LogP contribution in [0.25, 0.3) is 0 Å². The predicted molar refractivity (Wildman–Crippen MR) is 69.3 cm³/mol. The van der Waals surface area contributed by atoms with Gasteiger partial charge in [-0.1, -0.05) is 0 Å². The lowest BCUT2D eigenvalue weighted by molar-refractivity contribution is -0.120. The van der Waals surface area contributed by atoms with Crippen molar-refractivity contribution < 1.29 is 9.59 Å². The van der Waals surface area contributed by atoms with Gasteiger partial charge >= 0.3 is 6.03 Å². The highest BCUT2D eigenvalue weighted by Gasteiger charge is 2.07. The van der Waals surface area contributed by atoms with E-state index in [1.165, 1.54) is 0 Å². The van der Waals surface area contributed by atoms with Gasteiger partial charge < -0.3 is 10.6 Å². The van der Waals surface area contributed by atoms with Crippen LogP contribution in [0.5, 0.6) is 0 Å². The van der Waals surface area contributed by atoms with Crippen molar-refractivity contribution in [1.29, 1.82) is 0 Å². The molecule has 0 atom stereocenters. The molecule has 1 rings (SSSR count). The Morgan fingerprint density at radius 2 is 2.05 bits per heavy atom. The molecule has 9 nitrogen and oxygen atoms in total. The number of amides is 3. The van der Waals surface area contributed by atoms with Crippen molar-refractivity contribution in [3.05, 3.63) is 5.82 Å². The Morgan fingerprint density at radius 3 is 2.68 bits per heavy atom. The van der Waals surface area contributed by atoms with Gasteiger partial charge in [-0.15, -0.1) is 10.2 Å². The van der Waals surface area contributed by atoms with Crippen LogP contribution < -0.4 is 21.5 Å². The third-order valence-electron chi connectivity index (χ3n) is 2.46. The maximum Gasteiger partial charge on any atom is 0.333 e. The van der Waals surface area contributed by atoms with E-state index in [0.29, 0.717) is 12.5 Å². The van der Waals surface area contributed by atoms with Crippen LogP contribution >= 0.6 is 0 Å². The summed E-state index contributed by atoms with van der Waals surface area (Å²) in [6.07, 6.45) is 0.230. The number of hydrazine groups is 1. The summed E-state index contributed by atoms with van der Waals surface area (Å²) in [6.45, 7) is 4.73. The summed E-state index contributed by atoms with van der Waals surface area (Å²) < 4.78 is 1.81. The normalized spacial score (nSPS) is 9.84. The number of aryl methyl sites for hydroxylation is 1. The summed E-state index contributed by atoms with van der Waals surface area (Å²) in [5.41, 5.74) is 5.09. The van der Waals surface area contributed by atoms with E-state index < -0.39 is 6.03 Å². The third kappa shape index (κ3) is 4.45. The maximum atomic E-state index is 11.4. The molecule has 0 radical (unpaired) electrons. The first-order chi connectivity index (χ1) is 9.08. The lowest BCUT2D eigenvalue weighted by atomic mass is 10.4. The van der Waals surface area contributed by atoms with Gasteiger partial charge in [-0.2, -0.15) is 0 Å². The summed E-state index contributed by atoms with van der Waals surface area (Å²) in [4.78, 5) is 22.4. The van der Waals surface area contributed by atoms with E-state index in [-0.39, 0.29) is 18.9 Å². The molecule has 1 heterocycles. The van der Waals surface area contributed by atoms with E-state index in [0.717, 1.165) is 5.82 Å². The molecule has 0 fully saturated rings. The van der Waals surface area contributed by atoms with Gasteiger partial charge in [0.25, 0.3) is 0 Å². The number of rotatable bonds is 6. The van der Waals surface area contributed by atoms with Crippen LogP contribution in [0.15, 0.2) is 0 Å². The zero-order valence-electron chi connectivity index (χ0n) is 11.3. The molecule has 0 saturated carbocycles. The molecule has 0 aliphatic rings. The minimum Gasteiger partial charge on any atom is -0.359 e. The molecule has 0 aromatic carbocycles. The number of nitrogens with one attached hydrogen (secondary N) is 4. The summed E-state index contributed by atoms with van der Waals surface area (Å²) in [5.74, 6) is 1.09. The van der Waals surface area contributed by atoms with E-state index in [9.17, 15) is 9.59 Å². The Morgan fingerprint density at radius 1 is 1.32 bits per heavy atom. The number of urea groups is 1. The molecule has 0 saturated heterocycles. The van der Waals surface area contributed by atoms with E-state index >= 15 is 0 Å². The zero-order chi connectivity index (χ0) is 14.3. The van der Waals surface area contributed by atoms with Crippen molar-refractivity contribution in [2.45, 2.75) is 26.8 Å². The van der Waals surface area contributed by atoms with Crippen molar-refractivity contribution in [3.8, 4) is 0 Å². The third-order valence-corrected chi connectivity index (χ3v) is 2.46. The van der Waals surface area contributed by atoms with Crippen LogP contribution in [-0.4, -0.2) is 40.3 Å². The lowest BCUT2D eigenvalue weighted by Gasteiger charge is -2.10. The molecule has 0 unspecified atom stereocenters. The first-order valence-corrected chi connectivity index (χ1v) is 5.98. The van der Waals surface area contributed by atoms with Gasteiger partial charge in [-0.25, -0.2) is 10.2 Å². The average Bonchev–Trinajstić information content (AvgIpc) is 2.76. The first-order valence-electron chi connectivity index (χ1n) is 5.98. The summed E-state index contributed by atoms with van der Waals surface area (Å²) >= 11 is 0. The molecule has 106 valence electrons. The van der Waals surface area contributed by atoms with Crippen LogP contribution in [0, 0.1) is 6.92 Å². The highest BCUT2D eigenvalue weighted by molar-refractivity contribution is 5.78. The fraction of sp³-hybridized carbons (Fsp3) is 0.600. The monoisotopic (exact) mass is 269 g/mol. The Bertz CT molecular complexity index is 443. The van der Waals surface area contributed by atoms with Gasteiger partial charge in [-0.3, -0.25) is 14.8 Å². The molecule has 1 aromatic heterocycles. The van der Waals surface area contributed by atoms with Gasteiger partial charge in [0.2, 0.25) is 11.9 Å². The van der Waals surface area contributed by atoms with Crippen LogP contribution in [0.3, 0.4) is 0 Å². The van der Waals surface area contributed by atoms with Crippen molar-refractivity contribution in [3.63, 3.8) is 0 Å². The van der Waals surface area contributed by atoms with Gasteiger partial charge in [0.1, 0.15) is 5.82 Å². The number of aromatic nitrogens is 3. The highest BCUT2D eigenvalue weighted by atomic mass is 16.2. The molecule has 9 heteroatoms. The fourth-order valence-corrected chi connectivity index (χ4v) is 1.42. The van der Waals surface area contributed by atoms with Gasteiger partial charge in [0.05, 0.1) is 0 Å². The van der Waals surface area contributed by atoms with Crippen molar-refractivity contribution in [2.24, 2.45) is 0 Å². The van der Waals surface area contributed by atoms with Gasteiger partial charge in [0.15, 0.2) is 0 Å². The van der Waals surface area contributed by atoms with E-state index in [1.807, 2.05) is 18.4 Å². The number of carbonyl (C=O) groups is 2. The van der Waals surface area contributed by atoms with Crippen LogP contribution in [0.4, 0.5) is 10.7 Å². The van der Waals surface area contributed by atoms with Gasteiger partial charge in [0, 0.05) is 26.6 Å². The number of nitrogens with zero attached hydrogens (tertiary/aromatic N) is 3. The Balaban J connectivity index is 2.32. The van der Waals surface area contributed by atoms with Crippen molar-refractivity contribution in [2.75, 3.05) is 19.0 Å². The van der Waals surface area contributed by atoms with Gasteiger partial charge in [-0.05, 0) is 13.8 Å². The average molecular weight is 269 g/mol. The highest BCUT2D eigenvalue weighted by Crippen LogP contribution is 2.04. The SMILES string of the molecule is CCn1c(C)nnc1NNC(=O)NCCC(=O)NC. The van der Waals surface area contributed by atoms with Crippen LogP contribution in [0.2, 0.25) is 0 Å². The topological polar surface area (TPSA) is 113 Å². The molecule has 0 spiro atoms. The molecule has 0 bridgehead atoms. The number of hydrogen-bond acceptors (Lipinski definition) is 5. The Kier molecular flexibility index (Phi) is 5.58. The molecule has 0 aliphatic heterocycles. The van der Waals surface area contributed by atoms with Crippen molar-refractivity contribution >= 4 is 17.9 Å². The number of anilines is 1. The van der Waals surface area contributed by atoms with E-state index in [2.05, 4.69) is 31.7 Å². The molecule has 3 amide bonds. The van der Waals surface area contributed by atoms with E-state index in [4.69, 9.17) is 0 Å². The van der Waals surface area contributed by atoms with Crippen LogP contribution in [-0.2, 0) is 11.3 Å². The second kappa shape index (κ2) is 7.19. The molecule has 1 aromatic rings. The molecule has 4 N–H and O–H groups in total. The summed E-state index contributed by atoms with van der Waals surface area (Å²) in [6, 6.07) is -0.438. The largest absolute Gasteiger partial charge is 0.359 e. The smallest absolute Gasteiger partial charge is 0.333 e. The number of hydrogen-bond donors (Lipinski definition) is 4. The standard InChI is InChI=1S/C10H19N7O2/c1-4-17-7(2)13-14-9(17)15-16-10(19)12-6-5-8(18)11-3/h4-6H2,1-3H3,(H,11,18)(H,14,15)(H2,12,16,19). The zero-order valence-corrected chi connectivity index (χ0v) is 11.3. The summed E-state index contributed by atoms with van der Waals surface area (Å²) in [5, 5.41) is 12.8. The second-order valence-corrected chi connectivity index (χ2v) is 3.74. The fourth-order valence-electron chi connectivity index (χ4n) is 1.42. The van der Waals surface area contributed by atoms with E-state index in [1.54, 1.807) is 7.05 Å². The minimum atomic E-state index is -0.438. The predicted octanol–water partition coefficient (Wildman–Crippen LogP) is -0.631. The Labute approximate surface area is 111 Å². The van der Waals surface area contributed by atoms with Crippen molar-refractivity contribution in [1.82, 2.24) is 30.8 Å². The minimum absolute atomic E-state index is 0.130. The first kappa shape index (κ1) is 14.7. The Hall–Kier alpha value is -2.32. The molecular formula is C10H19N7O2. The quantitative estimate of drug-likeness (QED) is 0.513. The summed E-state index contributed by atoms with van der Waals surface area (Å²) in [7, 11) is 1.55. The number of carbonyl (C=O) groups excluding carboxylic acids is 2. The second-order valence-electron chi connectivity index (χ2n) is 3.74.